The number of benzene rings is 4. The zero-order chi connectivity index (χ0) is 53.6. The Kier molecular flexibility index (Phi) is 19.0. The zero-order valence-corrected chi connectivity index (χ0v) is 43.5. The van der Waals surface area contributed by atoms with Gasteiger partial charge in [-0.05, 0) is 123 Å². The number of nitrogens with zero attached hydrogens (tertiary/aromatic N) is 2. The van der Waals surface area contributed by atoms with Crippen molar-refractivity contribution in [2.45, 2.75) is 102 Å². The maximum absolute atomic E-state index is 14.6. The van der Waals surface area contributed by atoms with Gasteiger partial charge in [0, 0.05) is 31.7 Å². The first-order valence-corrected chi connectivity index (χ1v) is 25.4. The fourth-order valence-corrected chi connectivity index (χ4v) is 9.85. The van der Waals surface area contributed by atoms with Gasteiger partial charge < -0.3 is 48.7 Å². The maximum atomic E-state index is 14.6. The van der Waals surface area contributed by atoms with Crippen LogP contribution in [0, 0.1) is 0 Å². The van der Waals surface area contributed by atoms with E-state index in [-0.39, 0.29) is 42.4 Å². The van der Waals surface area contributed by atoms with Gasteiger partial charge in [-0.25, -0.2) is 4.79 Å². The van der Waals surface area contributed by atoms with Crippen molar-refractivity contribution in [3.63, 3.8) is 0 Å². The Hall–Kier alpha value is -7.83. The lowest BCUT2D eigenvalue weighted by molar-refractivity contribution is -0.162. The van der Waals surface area contributed by atoms with Crippen LogP contribution in [-0.4, -0.2) is 125 Å². The molecule has 3 heterocycles. The highest BCUT2D eigenvalue weighted by molar-refractivity contribution is 6.25. The van der Waals surface area contributed by atoms with Crippen molar-refractivity contribution in [1.82, 2.24) is 20.4 Å². The van der Waals surface area contributed by atoms with Crippen LogP contribution in [0.15, 0.2) is 72.8 Å². The van der Waals surface area contributed by atoms with Gasteiger partial charge >= 0.3 is 5.97 Å². The normalized spacial score (nSPS) is 17.0. The van der Waals surface area contributed by atoms with Gasteiger partial charge in [-0.2, -0.15) is 0 Å². The summed E-state index contributed by atoms with van der Waals surface area (Å²) in [5, 5.41) is 8.27. The molecule has 3 aliphatic heterocycles. The second-order valence-corrected chi connectivity index (χ2v) is 18.5. The van der Waals surface area contributed by atoms with Crippen LogP contribution in [0.2, 0.25) is 0 Å². The van der Waals surface area contributed by atoms with Crippen molar-refractivity contribution < 1.29 is 66.7 Å². The summed E-state index contributed by atoms with van der Waals surface area (Å²) >= 11 is 0. The van der Waals surface area contributed by atoms with Crippen molar-refractivity contribution in [3.05, 3.63) is 101 Å². The van der Waals surface area contributed by atoms with Gasteiger partial charge in [0.1, 0.15) is 23.9 Å². The third-order valence-corrected chi connectivity index (χ3v) is 13.8. The standard InChI is InChI=1S/C56H67N5O14/c1-7-13-38(36-31-46(71-4)51(73-6)47(32-36)72-5)53(65)60-29-11-8-16-42(60)56(68)75-43(24-17-34-18-25-44(69-2)45(30-34)70-3)35-19-21-37(22-20-35)74-33-49(63)58-28-10-9-27-57-40-15-12-14-39-50(40)55(67)61(54(39)66)41-23-26-48(62)59-52(41)64/h12,14-15,18-22,25,30-32,38,41-43,57H,7-11,13,16-17,23-24,26-29,33H2,1-6H3,(H,58,63)(H,59,62,64)/t38-,41?,42-,43+/m0/s1. The summed E-state index contributed by atoms with van der Waals surface area (Å²) in [6, 6.07) is 19.3. The molecule has 3 aliphatic rings. The Morgan fingerprint density at radius 1 is 0.747 bits per heavy atom. The van der Waals surface area contributed by atoms with E-state index >= 15 is 0 Å². The monoisotopic (exact) mass is 1030 g/mol. The lowest BCUT2D eigenvalue weighted by Crippen LogP contribution is -2.54. The number of likely N-dealkylation sites (tertiary alicyclic amines) is 1. The van der Waals surface area contributed by atoms with E-state index < -0.39 is 53.7 Å². The molecule has 0 aliphatic carbocycles. The molecule has 19 nitrogen and oxygen atoms in total. The quantitative estimate of drug-likeness (QED) is 0.0357. The molecule has 4 aromatic carbocycles. The number of anilines is 1. The van der Waals surface area contributed by atoms with Crippen molar-refractivity contribution in [3.8, 4) is 34.5 Å². The number of amides is 6. The number of hydrogen-bond donors (Lipinski definition) is 3. The Labute approximate surface area is 436 Å². The lowest BCUT2D eigenvalue weighted by atomic mass is 9.90. The number of fused-ring (bicyclic) bond motifs is 1. The van der Waals surface area contributed by atoms with E-state index in [1.807, 2.05) is 25.1 Å². The summed E-state index contributed by atoms with van der Waals surface area (Å²) in [5.41, 5.74) is 3.16. The molecule has 75 heavy (non-hydrogen) atoms. The number of imide groups is 2. The highest BCUT2D eigenvalue weighted by Gasteiger charge is 2.46. The summed E-state index contributed by atoms with van der Waals surface area (Å²) in [6.07, 6.45) is 4.70. The molecular weight excluding hydrogens is 967 g/mol. The van der Waals surface area contributed by atoms with E-state index in [1.54, 1.807) is 67.7 Å². The number of unbranched alkanes of at least 4 members (excludes halogenated alkanes) is 1. The fourth-order valence-electron chi connectivity index (χ4n) is 9.85. The summed E-state index contributed by atoms with van der Waals surface area (Å²) in [7, 11) is 7.72. The van der Waals surface area contributed by atoms with Gasteiger partial charge in [0.05, 0.1) is 52.6 Å². The molecule has 0 bridgehead atoms. The van der Waals surface area contributed by atoms with Gasteiger partial charge in [-0.15, -0.1) is 0 Å². The third kappa shape index (κ3) is 12.9. The number of hydrogen-bond acceptors (Lipinski definition) is 15. The van der Waals surface area contributed by atoms with Crippen molar-refractivity contribution in [1.29, 1.82) is 0 Å². The Morgan fingerprint density at radius 2 is 1.47 bits per heavy atom. The predicted molar refractivity (Wildman–Crippen MR) is 276 cm³/mol. The van der Waals surface area contributed by atoms with E-state index in [4.69, 9.17) is 33.2 Å². The number of methoxy groups -OCH3 is 5. The largest absolute Gasteiger partial charge is 0.493 e. The van der Waals surface area contributed by atoms with E-state index in [0.717, 1.165) is 23.3 Å². The van der Waals surface area contributed by atoms with Crippen molar-refractivity contribution >= 4 is 47.1 Å². The van der Waals surface area contributed by atoms with Crippen LogP contribution < -0.4 is 44.4 Å². The van der Waals surface area contributed by atoms with Crippen molar-refractivity contribution in [2.75, 3.05) is 67.1 Å². The summed E-state index contributed by atoms with van der Waals surface area (Å²) < 4.78 is 40.1. The van der Waals surface area contributed by atoms with Gasteiger partial charge in [0.2, 0.25) is 23.5 Å². The molecule has 0 aromatic heterocycles. The number of carbonyl (C=O) groups excluding carboxylic acids is 7. The van der Waals surface area contributed by atoms with Gasteiger partial charge in [0.25, 0.3) is 17.7 Å². The number of nitrogens with one attached hydrogen (secondary N) is 3. The molecular formula is C56H67N5O14. The molecule has 2 saturated heterocycles. The Bertz CT molecular complexity index is 2700. The number of aryl methyl sites for hydroxylation is 1. The Morgan fingerprint density at radius 3 is 2.15 bits per heavy atom. The maximum Gasteiger partial charge on any atom is 0.329 e. The van der Waals surface area contributed by atoms with E-state index in [2.05, 4.69) is 16.0 Å². The van der Waals surface area contributed by atoms with E-state index in [0.29, 0.717) is 116 Å². The first-order valence-electron chi connectivity index (χ1n) is 25.4. The second kappa shape index (κ2) is 25.9. The molecule has 0 saturated carbocycles. The minimum absolute atomic E-state index is 0.0327. The minimum atomic E-state index is -1.06. The van der Waals surface area contributed by atoms with Gasteiger partial charge in [0.15, 0.2) is 29.6 Å². The van der Waals surface area contributed by atoms with E-state index in [1.165, 1.54) is 27.4 Å². The molecule has 0 spiro atoms. The number of carbonyl (C=O) groups is 7. The summed E-state index contributed by atoms with van der Waals surface area (Å²) in [4.78, 5) is 95.3. The first kappa shape index (κ1) is 54.9. The average Bonchev–Trinajstić information content (AvgIpc) is 3.69. The van der Waals surface area contributed by atoms with Crippen LogP contribution in [0.4, 0.5) is 5.69 Å². The number of piperidine rings is 2. The topological polar surface area (TPSA) is 227 Å². The fraction of sp³-hybridized carbons (Fsp3) is 0.446. The number of ether oxygens (including phenoxy) is 7. The summed E-state index contributed by atoms with van der Waals surface area (Å²) in [5.74, 6) is -0.981. The van der Waals surface area contributed by atoms with Crippen LogP contribution in [0.3, 0.4) is 0 Å². The molecule has 6 amide bonds. The molecule has 19 heteroatoms. The molecule has 4 aromatic rings. The Balaban J connectivity index is 0.953. The second-order valence-electron chi connectivity index (χ2n) is 18.5. The average molecular weight is 1030 g/mol. The van der Waals surface area contributed by atoms with Gasteiger partial charge in [-0.1, -0.05) is 37.6 Å². The first-order chi connectivity index (χ1) is 36.3. The molecule has 4 atom stereocenters. The summed E-state index contributed by atoms with van der Waals surface area (Å²) in [6.45, 7) is 2.96. The van der Waals surface area contributed by atoms with Crippen LogP contribution in [0.5, 0.6) is 34.5 Å². The molecule has 3 N–H and O–H groups in total. The van der Waals surface area contributed by atoms with Crippen LogP contribution in [-0.2, 0) is 35.1 Å². The highest BCUT2D eigenvalue weighted by atomic mass is 16.5. The molecule has 400 valence electrons. The van der Waals surface area contributed by atoms with Gasteiger partial charge in [-0.3, -0.25) is 39.0 Å². The number of esters is 1. The zero-order valence-electron chi connectivity index (χ0n) is 43.5. The molecule has 2 fully saturated rings. The van der Waals surface area contributed by atoms with Crippen molar-refractivity contribution in [2.24, 2.45) is 0 Å². The molecule has 1 unspecified atom stereocenters. The lowest BCUT2D eigenvalue weighted by Gasteiger charge is -2.37. The van der Waals surface area contributed by atoms with Crippen LogP contribution in [0.25, 0.3) is 0 Å². The third-order valence-electron chi connectivity index (χ3n) is 13.8. The molecule has 7 rings (SSSR count). The van der Waals surface area contributed by atoms with Crippen LogP contribution in [0.1, 0.15) is 121 Å². The SMILES string of the molecule is CCC[C@H](C(=O)N1CCCC[C@H]1C(=O)O[C@H](CCc1ccc(OC)c(OC)c1)c1ccc(OCC(=O)NCCCCNc2cccc3c2C(=O)N(C2CCC(=O)NC2=O)C3=O)cc1)c1cc(OC)c(OC)c(OC)c1. The smallest absolute Gasteiger partial charge is 0.329 e. The number of rotatable bonds is 25. The van der Waals surface area contributed by atoms with E-state index in [9.17, 15) is 33.6 Å². The minimum Gasteiger partial charge on any atom is -0.493 e. The van der Waals surface area contributed by atoms with Crippen LogP contribution >= 0.6 is 0 Å². The highest BCUT2D eigenvalue weighted by Crippen LogP contribution is 2.42. The predicted octanol–water partition coefficient (Wildman–Crippen LogP) is 6.70. The molecule has 0 radical (unpaired) electrons.